The average molecular weight is 424 g/mol. The van der Waals surface area contributed by atoms with E-state index in [1.54, 1.807) is 38.3 Å². The highest BCUT2D eigenvalue weighted by Crippen LogP contribution is 2.29. The number of hydrogen-bond donors (Lipinski definition) is 2. The molecule has 0 atom stereocenters. The van der Waals surface area contributed by atoms with Crippen molar-refractivity contribution in [2.75, 3.05) is 12.8 Å². The molecule has 0 spiro atoms. The number of hydrazone groups is 1. The number of nitrogens with two attached hydrogens (primary N) is 1. The lowest BCUT2D eigenvalue weighted by Crippen LogP contribution is -2.20. The van der Waals surface area contributed by atoms with Gasteiger partial charge >= 0.3 is 0 Å². The third-order valence-corrected chi connectivity index (χ3v) is 5.11. The maximum absolute atomic E-state index is 12.9. The quantitative estimate of drug-likeness (QED) is 0.353. The van der Waals surface area contributed by atoms with Crippen LogP contribution >= 0.6 is 11.3 Å². The van der Waals surface area contributed by atoms with Crippen molar-refractivity contribution in [3.05, 3.63) is 52.3 Å². The number of nitrogen functional groups attached to an aromatic ring is 1. The molecule has 1 aromatic carbocycles. The van der Waals surface area contributed by atoms with Crippen molar-refractivity contribution in [1.29, 1.82) is 0 Å². The van der Waals surface area contributed by atoms with Crippen LogP contribution in [0.2, 0.25) is 0 Å². The summed E-state index contributed by atoms with van der Waals surface area (Å²) < 4.78 is 11.2. The lowest BCUT2D eigenvalue weighted by molar-refractivity contribution is 0.0950. The van der Waals surface area contributed by atoms with Gasteiger partial charge in [-0.25, -0.2) is 10.1 Å². The first-order valence-corrected chi connectivity index (χ1v) is 9.53. The van der Waals surface area contributed by atoms with Gasteiger partial charge in [0.2, 0.25) is 11.6 Å². The van der Waals surface area contributed by atoms with E-state index in [0.717, 1.165) is 4.88 Å². The number of anilines is 1. The van der Waals surface area contributed by atoms with Crippen LogP contribution in [0.3, 0.4) is 0 Å². The van der Waals surface area contributed by atoms with Crippen LogP contribution < -0.4 is 15.9 Å². The molecule has 3 N–H and O–H groups in total. The van der Waals surface area contributed by atoms with Crippen LogP contribution in [0, 0.1) is 0 Å². The first-order chi connectivity index (χ1) is 14.6. The Morgan fingerprint density at radius 1 is 1.30 bits per heavy atom. The summed E-state index contributed by atoms with van der Waals surface area (Å²) in [4.78, 5) is 13.8. The number of carbonyl (C=O) groups is 1. The minimum Gasteiger partial charge on any atom is -0.497 e. The molecule has 0 aliphatic heterocycles. The van der Waals surface area contributed by atoms with Crippen molar-refractivity contribution in [2.24, 2.45) is 5.10 Å². The van der Waals surface area contributed by atoms with Crippen molar-refractivity contribution in [3.63, 3.8) is 0 Å². The van der Waals surface area contributed by atoms with Crippen molar-refractivity contribution in [1.82, 2.24) is 30.7 Å². The van der Waals surface area contributed by atoms with E-state index in [1.807, 2.05) is 17.5 Å². The normalized spacial score (nSPS) is 11.5. The van der Waals surface area contributed by atoms with E-state index in [2.05, 4.69) is 35.8 Å². The average Bonchev–Trinajstić information content (AvgIpc) is 3.51. The lowest BCUT2D eigenvalue weighted by Gasteiger charge is -2.07. The second kappa shape index (κ2) is 8.13. The van der Waals surface area contributed by atoms with Crippen LogP contribution in [0.15, 0.2) is 51.5 Å². The SMILES string of the molecule is COc1cccc(-c2c(C(=O)N/N=C(\C)c3cccs3)nnn2-c2nonc2N)c1. The van der Waals surface area contributed by atoms with E-state index in [1.165, 1.54) is 16.0 Å². The maximum atomic E-state index is 12.9. The third-order valence-electron chi connectivity index (χ3n) is 4.13. The van der Waals surface area contributed by atoms with Crippen LogP contribution in [0.4, 0.5) is 5.82 Å². The number of ether oxygens (including phenoxy) is 1. The Morgan fingerprint density at radius 2 is 2.17 bits per heavy atom. The predicted octanol–water partition coefficient (Wildman–Crippen LogP) is 2.12. The second-order valence-corrected chi connectivity index (χ2v) is 6.97. The molecule has 0 saturated heterocycles. The summed E-state index contributed by atoms with van der Waals surface area (Å²) in [6.45, 7) is 1.80. The smallest absolute Gasteiger partial charge is 0.294 e. The Bertz CT molecular complexity index is 1210. The fourth-order valence-electron chi connectivity index (χ4n) is 2.68. The molecule has 1 amide bonds. The molecule has 0 radical (unpaired) electrons. The molecular formula is C18H16N8O3S. The number of nitrogens with one attached hydrogen (secondary N) is 1. The van der Waals surface area contributed by atoms with Gasteiger partial charge in [-0.15, -0.1) is 16.4 Å². The third kappa shape index (κ3) is 3.63. The Balaban J connectivity index is 1.76. The number of rotatable bonds is 6. The van der Waals surface area contributed by atoms with Crippen molar-refractivity contribution in [2.45, 2.75) is 6.92 Å². The summed E-state index contributed by atoms with van der Waals surface area (Å²) >= 11 is 1.52. The number of methoxy groups -OCH3 is 1. The van der Waals surface area contributed by atoms with E-state index in [4.69, 9.17) is 10.5 Å². The van der Waals surface area contributed by atoms with Gasteiger partial charge in [0, 0.05) is 10.4 Å². The lowest BCUT2D eigenvalue weighted by atomic mass is 10.1. The Morgan fingerprint density at radius 3 is 2.87 bits per heavy atom. The molecule has 152 valence electrons. The first-order valence-electron chi connectivity index (χ1n) is 8.65. The van der Waals surface area contributed by atoms with E-state index >= 15 is 0 Å². The largest absolute Gasteiger partial charge is 0.497 e. The van der Waals surface area contributed by atoms with E-state index < -0.39 is 5.91 Å². The number of hydrogen-bond acceptors (Lipinski definition) is 10. The summed E-state index contributed by atoms with van der Waals surface area (Å²) in [6.07, 6.45) is 0. The summed E-state index contributed by atoms with van der Waals surface area (Å²) in [5.74, 6) is 0.148. The molecule has 4 rings (SSSR count). The summed E-state index contributed by atoms with van der Waals surface area (Å²) in [5, 5.41) is 21.4. The highest BCUT2D eigenvalue weighted by molar-refractivity contribution is 7.12. The first kappa shape index (κ1) is 19.3. The van der Waals surface area contributed by atoms with Gasteiger partial charge in [0.05, 0.1) is 12.8 Å². The molecule has 30 heavy (non-hydrogen) atoms. The van der Waals surface area contributed by atoms with Gasteiger partial charge in [-0.05, 0) is 40.8 Å². The fraction of sp³-hybridized carbons (Fsp3) is 0.111. The number of aromatic nitrogens is 5. The predicted molar refractivity (Wildman–Crippen MR) is 110 cm³/mol. The van der Waals surface area contributed by atoms with Gasteiger partial charge in [0.1, 0.15) is 11.4 Å². The van der Waals surface area contributed by atoms with Crippen LogP contribution in [-0.2, 0) is 0 Å². The zero-order chi connectivity index (χ0) is 21.1. The molecule has 11 nitrogen and oxygen atoms in total. The zero-order valence-electron chi connectivity index (χ0n) is 15.9. The molecule has 0 unspecified atom stereocenters. The molecular weight excluding hydrogens is 408 g/mol. The van der Waals surface area contributed by atoms with Crippen LogP contribution in [0.25, 0.3) is 17.1 Å². The second-order valence-electron chi connectivity index (χ2n) is 6.02. The molecule has 4 aromatic rings. The summed E-state index contributed by atoms with van der Waals surface area (Å²) in [7, 11) is 1.55. The number of amides is 1. The van der Waals surface area contributed by atoms with Crippen molar-refractivity contribution in [3.8, 4) is 22.8 Å². The number of thiophene rings is 1. The number of benzene rings is 1. The molecule has 0 fully saturated rings. The van der Waals surface area contributed by atoms with Crippen molar-refractivity contribution < 1.29 is 14.2 Å². The Labute approximate surface area is 174 Å². The molecule has 0 aliphatic rings. The zero-order valence-corrected chi connectivity index (χ0v) is 16.8. The monoisotopic (exact) mass is 424 g/mol. The number of carbonyl (C=O) groups excluding carboxylic acids is 1. The molecule has 3 aromatic heterocycles. The molecule has 0 saturated carbocycles. The van der Waals surface area contributed by atoms with Gasteiger partial charge in [0.15, 0.2) is 5.69 Å². The number of nitrogens with zero attached hydrogens (tertiary/aromatic N) is 6. The van der Waals surface area contributed by atoms with Gasteiger partial charge in [0.25, 0.3) is 5.91 Å². The standard InChI is InChI=1S/C18H16N8O3S/c1-10(13-7-4-8-30-13)20-22-18(27)14-15(11-5-3-6-12(9-11)28-2)26(25-21-14)17-16(19)23-29-24-17/h3-9H,1-2H3,(H2,19,23)(H,22,27)/b20-10+. The van der Waals surface area contributed by atoms with Gasteiger partial charge in [-0.1, -0.05) is 23.4 Å². The van der Waals surface area contributed by atoms with E-state index in [9.17, 15) is 4.79 Å². The minimum atomic E-state index is -0.551. The minimum absolute atomic E-state index is 0.00237. The molecule has 0 aliphatic carbocycles. The molecule has 0 bridgehead atoms. The summed E-state index contributed by atoms with van der Waals surface area (Å²) in [6, 6.07) is 10.9. The van der Waals surface area contributed by atoms with E-state index in [0.29, 0.717) is 22.7 Å². The van der Waals surface area contributed by atoms with Crippen LogP contribution in [0.5, 0.6) is 5.75 Å². The summed E-state index contributed by atoms with van der Waals surface area (Å²) in [5.41, 5.74) is 9.95. The molecule has 3 heterocycles. The Kier molecular flexibility index (Phi) is 5.22. The van der Waals surface area contributed by atoms with Crippen LogP contribution in [0.1, 0.15) is 22.3 Å². The maximum Gasteiger partial charge on any atom is 0.294 e. The molecule has 12 heteroatoms. The van der Waals surface area contributed by atoms with Gasteiger partial charge in [-0.3, -0.25) is 4.79 Å². The van der Waals surface area contributed by atoms with E-state index in [-0.39, 0.29) is 17.3 Å². The van der Waals surface area contributed by atoms with Crippen molar-refractivity contribution >= 4 is 28.8 Å². The fourth-order valence-corrected chi connectivity index (χ4v) is 3.35. The highest BCUT2D eigenvalue weighted by Gasteiger charge is 2.25. The van der Waals surface area contributed by atoms with Crippen LogP contribution in [-0.4, -0.2) is 44.0 Å². The van der Waals surface area contributed by atoms with Gasteiger partial charge in [-0.2, -0.15) is 9.78 Å². The highest BCUT2D eigenvalue weighted by atomic mass is 32.1. The van der Waals surface area contributed by atoms with Gasteiger partial charge < -0.3 is 10.5 Å². The Hall–Kier alpha value is -4.06. The topological polar surface area (TPSA) is 146 Å².